The van der Waals surface area contributed by atoms with Gasteiger partial charge in [-0.2, -0.15) is 0 Å². The Morgan fingerprint density at radius 2 is 1.49 bits per heavy atom. The normalized spacial score (nSPS) is 18.8. The SMILES string of the molecule is CCOC1(OCc2ccccc2)C=CC(NCc2ccc(OCc3ccccc3)c(OC)c2)=CC1OC. The van der Waals surface area contributed by atoms with E-state index in [2.05, 4.69) is 5.32 Å². The van der Waals surface area contributed by atoms with Crippen LogP contribution < -0.4 is 14.8 Å². The van der Waals surface area contributed by atoms with Gasteiger partial charge in [0.2, 0.25) is 5.79 Å². The minimum absolute atomic E-state index is 0.410. The first-order valence-corrected chi connectivity index (χ1v) is 12.5. The van der Waals surface area contributed by atoms with Crippen LogP contribution in [-0.2, 0) is 34.0 Å². The number of ether oxygens (including phenoxy) is 5. The van der Waals surface area contributed by atoms with Crippen molar-refractivity contribution < 1.29 is 23.7 Å². The molecule has 0 aromatic heterocycles. The predicted octanol–water partition coefficient (Wildman–Crippen LogP) is 5.78. The Labute approximate surface area is 219 Å². The molecule has 0 heterocycles. The van der Waals surface area contributed by atoms with Gasteiger partial charge in [0.15, 0.2) is 11.5 Å². The maximum absolute atomic E-state index is 6.27. The van der Waals surface area contributed by atoms with Crippen LogP contribution in [0.4, 0.5) is 0 Å². The summed E-state index contributed by atoms with van der Waals surface area (Å²) < 4.78 is 29.7. The molecule has 0 saturated heterocycles. The summed E-state index contributed by atoms with van der Waals surface area (Å²) in [5.41, 5.74) is 4.17. The molecule has 3 aromatic carbocycles. The summed E-state index contributed by atoms with van der Waals surface area (Å²) in [7, 11) is 3.32. The van der Waals surface area contributed by atoms with Crippen molar-refractivity contribution in [1.29, 1.82) is 0 Å². The molecule has 1 N–H and O–H groups in total. The van der Waals surface area contributed by atoms with Gasteiger partial charge in [-0.15, -0.1) is 0 Å². The molecule has 0 fully saturated rings. The Bertz CT molecular complexity index is 1180. The van der Waals surface area contributed by atoms with E-state index in [9.17, 15) is 0 Å². The van der Waals surface area contributed by atoms with E-state index in [1.54, 1.807) is 14.2 Å². The van der Waals surface area contributed by atoms with Crippen molar-refractivity contribution in [1.82, 2.24) is 5.32 Å². The number of methoxy groups -OCH3 is 2. The molecule has 3 aromatic rings. The van der Waals surface area contributed by atoms with Gasteiger partial charge in [0.05, 0.1) is 13.7 Å². The van der Waals surface area contributed by atoms with Gasteiger partial charge in [0, 0.05) is 26.0 Å². The first-order chi connectivity index (χ1) is 18.2. The van der Waals surface area contributed by atoms with Crippen molar-refractivity contribution in [3.05, 3.63) is 119 Å². The summed E-state index contributed by atoms with van der Waals surface area (Å²) in [5, 5.41) is 3.47. The molecule has 0 bridgehead atoms. The molecule has 37 heavy (non-hydrogen) atoms. The van der Waals surface area contributed by atoms with Crippen molar-refractivity contribution >= 4 is 0 Å². The molecular formula is C31H35NO5. The van der Waals surface area contributed by atoms with Crippen molar-refractivity contribution in [2.75, 3.05) is 20.8 Å². The van der Waals surface area contributed by atoms with E-state index in [1.807, 2.05) is 104 Å². The van der Waals surface area contributed by atoms with Gasteiger partial charge in [0.1, 0.15) is 12.7 Å². The molecular weight excluding hydrogens is 466 g/mol. The molecule has 194 valence electrons. The lowest BCUT2D eigenvalue weighted by Gasteiger charge is -2.38. The van der Waals surface area contributed by atoms with E-state index in [4.69, 9.17) is 23.7 Å². The zero-order valence-electron chi connectivity index (χ0n) is 21.7. The first-order valence-electron chi connectivity index (χ1n) is 12.5. The van der Waals surface area contributed by atoms with Gasteiger partial charge >= 0.3 is 0 Å². The second-order valence-electron chi connectivity index (χ2n) is 8.65. The van der Waals surface area contributed by atoms with Crippen molar-refractivity contribution in [2.45, 2.75) is 38.6 Å². The number of allylic oxidation sites excluding steroid dienone is 1. The molecule has 4 rings (SSSR count). The molecule has 2 unspecified atom stereocenters. The molecule has 2 atom stereocenters. The highest BCUT2D eigenvalue weighted by Crippen LogP contribution is 2.31. The largest absolute Gasteiger partial charge is 0.493 e. The molecule has 0 spiro atoms. The van der Waals surface area contributed by atoms with Crippen LogP contribution in [-0.4, -0.2) is 32.7 Å². The molecule has 0 aliphatic heterocycles. The maximum atomic E-state index is 6.27. The van der Waals surface area contributed by atoms with Crippen LogP contribution in [0.25, 0.3) is 0 Å². The molecule has 6 heteroatoms. The summed E-state index contributed by atoms with van der Waals surface area (Å²) in [6, 6.07) is 26.1. The molecule has 1 aliphatic rings. The van der Waals surface area contributed by atoms with E-state index in [-0.39, 0.29) is 0 Å². The van der Waals surface area contributed by atoms with Crippen molar-refractivity contribution in [2.24, 2.45) is 0 Å². The third kappa shape index (κ3) is 7.01. The summed E-state index contributed by atoms with van der Waals surface area (Å²) in [5.74, 6) is 0.414. The standard InChI is InChI=1S/C31H35NO5/c1-4-36-31(37-23-25-13-9-6-10-14-25)18-17-27(20-30(31)34-3)32-21-26-15-16-28(29(19-26)33-2)35-22-24-11-7-5-8-12-24/h5-20,30,32H,4,21-23H2,1-3H3. The van der Waals surface area contributed by atoms with Crippen LogP contribution >= 0.6 is 0 Å². The maximum Gasteiger partial charge on any atom is 0.219 e. The lowest BCUT2D eigenvalue weighted by molar-refractivity contribution is -0.252. The minimum Gasteiger partial charge on any atom is -0.493 e. The van der Waals surface area contributed by atoms with Gasteiger partial charge < -0.3 is 29.0 Å². The number of nitrogens with one attached hydrogen (secondary N) is 1. The minimum atomic E-state index is -0.995. The lowest BCUT2D eigenvalue weighted by Crippen LogP contribution is -2.48. The average Bonchev–Trinajstić information content (AvgIpc) is 2.96. The van der Waals surface area contributed by atoms with E-state index < -0.39 is 11.9 Å². The van der Waals surface area contributed by atoms with Crippen LogP contribution in [0.5, 0.6) is 11.5 Å². The second kappa shape index (κ2) is 13.1. The van der Waals surface area contributed by atoms with Gasteiger partial charge in [-0.05, 0) is 54.0 Å². The summed E-state index contributed by atoms with van der Waals surface area (Å²) in [4.78, 5) is 0. The Balaban J connectivity index is 1.39. The van der Waals surface area contributed by atoms with Gasteiger partial charge in [0.25, 0.3) is 0 Å². The highest BCUT2D eigenvalue weighted by molar-refractivity contribution is 5.43. The van der Waals surface area contributed by atoms with Crippen LogP contribution in [0.3, 0.4) is 0 Å². The number of hydrogen-bond donors (Lipinski definition) is 1. The topological polar surface area (TPSA) is 58.2 Å². The van der Waals surface area contributed by atoms with Gasteiger partial charge in [-0.25, -0.2) is 0 Å². The fraction of sp³-hybridized carbons (Fsp3) is 0.290. The Morgan fingerprint density at radius 1 is 0.784 bits per heavy atom. The Morgan fingerprint density at radius 3 is 2.14 bits per heavy atom. The molecule has 0 saturated carbocycles. The third-order valence-electron chi connectivity index (χ3n) is 6.12. The first kappa shape index (κ1) is 26.5. The zero-order chi connectivity index (χ0) is 25.9. The molecule has 6 nitrogen and oxygen atoms in total. The van der Waals surface area contributed by atoms with Gasteiger partial charge in [-0.1, -0.05) is 66.7 Å². The van der Waals surface area contributed by atoms with E-state index in [0.717, 1.165) is 22.4 Å². The van der Waals surface area contributed by atoms with Crippen molar-refractivity contribution in [3.8, 4) is 11.5 Å². The molecule has 0 radical (unpaired) electrons. The van der Waals surface area contributed by atoms with E-state index >= 15 is 0 Å². The van der Waals surface area contributed by atoms with Crippen LogP contribution in [0, 0.1) is 0 Å². The quantitative estimate of drug-likeness (QED) is 0.300. The fourth-order valence-corrected chi connectivity index (χ4v) is 4.16. The van der Waals surface area contributed by atoms with Crippen LogP contribution in [0.1, 0.15) is 23.6 Å². The van der Waals surface area contributed by atoms with Crippen LogP contribution in [0.2, 0.25) is 0 Å². The van der Waals surface area contributed by atoms with E-state index in [0.29, 0.717) is 37.9 Å². The highest BCUT2D eigenvalue weighted by Gasteiger charge is 2.40. The van der Waals surface area contributed by atoms with Crippen molar-refractivity contribution in [3.63, 3.8) is 0 Å². The summed E-state index contributed by atoms with van der Waals surface area (Å²) in [6.45, 7) is 3.95. The monoisotopic (exact) mass is 501 g/mol. The molecule has 0 amide bonds. The predicted molar refractivity (Wildman–Crippen MR) is 144 cm³/mol. The fourth-order valence-electron chi connectivity index (χ4n) is 4.16. The smallest absolute Gasteiger partial charge is 0.219 e. The number of benzene rings is 3. The Hall–Kier alpha value is -3.58. The van der Waals surface area contributed by atoms with Gasteiger partial charge in [-0.3, -0.25) is 0 Å². The highest BCUT2D eigenvalue weighted by atomic mass is 16.7. The third-order valence-corrected chi connectivity index (χ3v) is 6.12. The van der Waals surface area contributed by atoms with Crippen LogP contribution in [0.15, 0.2) is 103 Å². The molecule has 1 aliphatic carbocycles. The zero-order valence-corrected chi connectivity index (χ0v) is 21.7. The number of hydrogen-bond acceptors (Lipinski definition) is 6. The summed E-state index contributed by atoms with van der Waals surface area (Å²) >= 11 is 0. The lowest BCUT2D eigenvalue weighted by atomic mass is 10.0. The average molecular weight is 502 g/mol. The van der Waals surface area contributed by atoms with E-state index in [1.165, 1.54) is 0 Å². The summed E-state index contributed by atoms with van der Waals surface area (Å²) in [6.07, 6.45) is 5.49. The Kier molecular flexibility index (Phi) is 9.38. The number of rotatable bonds is 13. The second-order valence-corrected chi connectivity index (χ2v) is 8.65.